The molecule has 0 aliphatic rings. The molecule has 0 radical (unpaired) electrons. The molecule has 3 N–H and O–H groups in total. The van der Waals surface area contributed by atoms with Gasteiger partial charge in [0.05, 0.1) is 13.2 Å². The molecule has 0 fully saturated rings. The van der Waals surface area contributed by atoms with Crippen molar-refractivity contribution < 1.29 is 23.5 Å². The Hall–Kier alpha value is -2.76. The third-order valence-electron chi connectivity index (χ3n) is 9.33. The second-order valence-corrected chi connectivity index (χ2v) is 22.6. The molecule has 0 aliphatic carbocycles. The van der Waals surface area contributed by atoms with Gasteiger partial charge in [0.15, 0.2) is 16.6 Å². The number of ether oxygens (including phenoxy) is 1. The maximum Gasteiger partial charge on any atom is 0.371 e. The Kier molecular flexibility index (Phi) is 23.0. The van der Waals surface area contributed by atoms with E-state index in [1.807, 2.05) is 38.2 Å². The molecule has 0 amide bonds. The number of carbonyl (C=O) groups is 1. The minimum Gasteiger partial charge on any atom is -0.490 e. The van der Waals surface area contributed by atoms with Gasteiger partial charge in [-0.25, -0.2) is 4.79 Å². The number of nitrogens with two attached hydrogens (primary N) is 1. The van der Waals surface area contributed by atoms with E-state index in [0.29, 0.717) is 0 Å². The molecule has 0 rings (SSSR count). The van der Waals surface area contributed by atoms with E-state index >= 15 is 0 Å². The lowest BCUT2D eigenvalue weighted by Gasteiger charge is -2.45. The number of methoxy groups -OCH3 is 1. The highest BCUT2D eigenvalue weighted by Gasteiger charge is 2.44. The van der Waals surface area contributed by atoms with Crippen LogP contribution < -0.4 is 5.73 Å². The summed E-state index contributed by atoms with van der Waals surface area (Å²) in [5, 5.41) is 9.26. The summed E-state index contributed by atoms with van der Waals surface area (Å²) in [7, 11) is -2.72. The zero-order valence-corrected chi connectivity index (χ0v) is 34.8. The van der Waals surface area contributed by atoms with E-state index in [1.165, 1.54) is 18.8 Å². The quantitative estimate of drug-likeness (QED) is 0.0448. The molecule has 0 aromatic carbocycles. The smallest absolute Gasteiger partial charge is 0.371 e. The average Bonchev–Trinajstić information content (AvgIpc) is 3.08. The van der Waals surface area contributed by atoms with Gasteiger partial charge in [-0.05, 0) is 89.0 Å². The lowest BCUT2D eigenvalue weighted by atomic mass is 9.98. The normalized spacial score (nSPS) is 17.2. The summed E-state index contributed by atoms with van der Waals surface area (Å²) < 4.78 is 19.5. The molecule has 276 valence electrons. The van der Waals surface area contributed by atoms with Crippen LogP contribution in [0.1, 0.15) is 82.6 Å². The summed E-state index contributed by atoms with van der Waals surface area (Å²) in [5.74, 6) is -1.20. The van der Waals surface area contributed by atoms with Crippen LogP contribution in [0.15, 0.2) is 108 Å². The van der Waals surface area contributed by atoms with Crippen molar-refractivity contribution in [1.29, 1.82) is 0 Å². The van der Waals surface area contributed by atoms with Gasteiger partial charge in [0.1, 0.15) is 5.60 Å². The van der Waals surface area contributed by atoms with Crippen molar-refractivity contribution in [3.63, 3.8) is 0 Å². The molecule has 0 aliphatic heterocycles. The lowest BCUT2D eigenvalue weighted by Crippen LogP contribution is -2.54. The van der Waals surface area contributed by atoms with E-state index in [-0.39, 0.29) is 17.9 Å². The van der Waals surface area contributed by atoms with E-state index in [0.717, 1.165) is 53.8 Å². The van der Waals surface area contributed by atoms with Gasteiger partial charge in [-0.3, -0.25) is 0 Å². The van der Waals surface area contributed by atoms with E-state index < -0.39 is 28.2 Å². The Morgan fingerprint density at radius 1 is 0.776 bits per heavy atom. The van der Waals surface area contributed by atoms with Crippen molar-refractivity contribution in [3.8, 4) is 0 Å². The van der Waals surface area contributed by atoms with E-state index in [9.17, 15) is 9.90 Å². The molecule has 0 saturated heterocycles. The Morgan fingerprint density at radius 3 is 1.84 bits per heavy atom. The summed E-state index contributed by atoms with van der Waals surface area (Å²) in [4.78, 5) is 11.3. The van der Waals surface area contributed by atoms with Crippen LogP contribution in [0, 0.1) is 0 Å². The van der Waals surface area contributed by atoms with Crippen molar-refractivity contribution in [2.24, 2.45) is 5.73 Å². The van der Waals surface area contributed by atoms with Crippen LogP contribution >= 0.6 is 0 Å². The maximum atomic E-state index is 11.3. The second-order valence-electron chi connectivity index (χ2n) is 13.2. The monoisotopic (exact) mass is 711 g/mol. The first-order valence-corrected chi connectivity index (χ1v) is 23.2. The van der Waals surface area contributed by atoms with Crippen LogP contribution in [0.2, 0.25) is 36.3 Å². The van der Waals surface area contributed by atoms with Crippen LogP contribution in [0.5, 0.6) is 0 Å². The van der Waals surface area contributed by atoms with Crippen LogP contribution in [0.3, 0.4) is 0 Å². The first-order valence-electron chi connectivity index (χ1n) is 18.2. The van der Waals surface area contributed by atoms with Gasteiger partial charge >= 0.3 is 5.97 Å². The predicted molar refractivity (Wildman–Crippen MR) is 217 cm³/mol. The van der Waals surface area contributed by atoms with Gasteiger partial charge in [0.25, 0.3) is 0 Å². The Morgan fingerprint density at radius 2 is 1.33 bits per heavy atom. The molecule has 6 nitrogen and oxygen atoms in total. The summed E-state index contributed by atoms with van der Waals surface area (Å²) >= 11 is 0. The predicted octanol–water partition coefficient (Wildman–Crippen LogP) is 11.1. The summed E-state index contributed by atoms with van der Waals surface area (Å²) in [6, 6.07) is 6.39. The van der Waals surface area contributed by atoms with Crippen LogP contribution in [0.4, 0.5) is 0 Å². The molecule has 0 bridgehead atoms. The number of carboxylic acid groups (broad SMARTS) is 1. The fraction of sp³-hybridized carbons (Fsp3) is 0.537. The summed E-state index contributed by atoms with van der Waals surface area (Å²) in [5.41, 5.74) is 8.31. The molecule has 0 heterocycles. The van der Waals surface area contributed by atoms with E-state index in [4.69, 9.17) is 19.3 Å². The van der Waals surface area contributed by atoms with Gasteiger partial charge in [-0.2, -0.15) is 0 Å². The van der Waals surface area contributed by atoms with Crippen LogP contribution in [-0.4, -0.2) is 52.6 Å². The van der Waals surface area contributed by atoms with Crippen molar-refractivity contribution in [3.05, 3.63) is 108 Å². The summed E-state index contributed by atoms with van der Waals surface area (Å²) in [6.07, 6.45) is 29.0. The minimum atomic E-state index is -2.05. The number of aliphatic carboxylic acids is 1. The Bertz CT molecular complexity index is 1240. The molecule has 0 saturated carbocycles. The standard InChI is InChI=1S/C41H69NO5Si2/c1-13-48(14-2,15-3)46-39(29-22-21-25-34(7)27-24-28-35(8)30-31-37(10)42)41(11,47-49(16-4,17-5)18-6)32-23-19-20-26-36(9)33-38(45-12)40(43)44/h19-30,32-33,37,39H,13-18,31,42H2,1-12H3,(H,43,44)/b20-19+,25-21+,28-24+,29-22-,32-23+,34-27+,35-30+,36-26+,38-33-/t37-,39-,41+/m0/s1. The topological polar surface area (TPSA) is 91.0 Å². The van der Waals surface area contributed by atoms with Gasteiger partial charge < -0.3 is 24.4 Å². The van der Waals surface area contributed by atoms with Crippen LogP contribution in [0.25, 0.3) is 0 Å². The zero-order chi connectivity index (χ0) is 37.5. The fourth-order valence-electron chi connectivity index (χ4n) is 5.44. The van der Waals surface area contributed by atoms with Gasteiger partial charge in [0.2, 0.25) is 5.76 Å². The number of hydrogen-bond donors (Lipinski definition) is 2. The first kappa shape index (κ1) is 46.2. The summed E-state index contributed by atoms with van der Waals surface area (Å²) in [6.45, 7) is 23.8. The third-order valence-corrected chi connectivity index (χ3v) is 18.7. The molecule has 3 atom stereocenters. The number of rotatable bonds is 24. The average molecular weight is 712 g/mol. The highest BCUT2D eigenvalue weighted by atomic mass is 28.4. The first-order chi connectivity index (χ1) is 23.1. The Labute approximate surface area is 302 Å². The molecular formula is C41H69NO5Si2. The van der Waals surface area contributed by atoms with Crippen molar-refractivity contribution in [1.82, 2.24) is 0 Å². The second kappa shape index (κ2) is 24.4. The molecule has 0 aromatic heterocycles. The van der Waals surface area contributed by atoms with E-state index in [2.05, 4.69) is 117 Å². The van der Waals surface area contributed by atoms with E-state index in [1.54, 1.807) is 0 Å². The molecular weight excluding hydrogens is 643 g/mol. The Balaban J connectivity index is 6.77. The molecule has 49 heavy (non-hydrogen) atoms. The SMILES string of the molecule is CC[Si](CC)(CC)O[C@@H](\C=C/C=C/C(C)=C/C=C/C(C)=C/C[C@H](C)N)[C@@](C)(/C=C/C=C/C=C(C)/C=C(\OC)C(=O)O)O[Si](CC)(CC)CC. The minimum absolute atomic E-state index is 0.0997. The highest BCUT2D eigenvalue weighted by molar-refractivity contribution is 6.74. The van der Waals surface area contributed by atoms with Crippen molar-refractivity contribution >= 4 is 22.6 Å². The molecule has 8 heteroatoms. The van der Waals surface area contributed by atoms with Gasteiger partial charge in [-0.15, -0.1) is 0 Å². The lowest BCUT2D eigenvalue weighted by molar-refractivity contribution is -0.136. The van der Waals surface area contributed by atoms with Crippen molar-refractivity contribution in [2.45, 2.75) is 137 Å². The molecule has 0 spiro atoms. The zero-order valence-electron chi connectivity index (χ0n) is 32.8. The fourth-order valence-corrected chi connectivity index (χ4v) is 11.3. The maximum absolute atomic E-state index is 11.3. The van der Waals surface area contributed by atoms with Crippen molar-refractivity contribution in [2.75, 3.05) is 7.11 Å². The number of allylic oxidation sites excluding steroid dienone is 14. The van der Waals surface area contributed by atoms with Gasteiger partial charge in [-0.1, -0.05) is 132 Å². The largest absolute Gasteiger partial charge is 0.490 e. The molecule has 0 aromatic rings. The number of hydrogen-bond acceptors (Lipinski definition) is 5. The molecule has 0 unspecified atom stereocenters. The van der Waals surface area contributed by atoms with Gasteiger partial charge in [0, 0.05) is 6.04 Å². The van der Waals surface area contributed by atoms with Crippen LogP contribution in [-0.2, 0) is 18.4 Å². The highest BCUT2D eigenvalue weighted by Crippen LogP contribution is 2.36. The number of carboxylic acids is 1. The third kappa shape index (κ3) is 17.6.